The molecule has 0 radical (unpaired) electrons. The van der Waals surface area contributed by atoms with Gasteiger partial charge in [-0.05, 0) is 11.6 Å². The highest BCUT2D eigenvalue weighted by Crippen LogP contribution is 2.13. The van der Waals surface area contributed by atoms with Crippen molar-refractivity contribution >= 4 is 18.3 Å². The van der Waals surface area contributed by atoms with Gasteiger partial charge in [0, 0.05) is 12.1 Å². The second-order valence-electron chi connectivity index (χ2n) is 2.34. The van der Waals surface area contributed by atoms with Crippen molar-refractivity contribution in [1.82, 2.24) is 5.32 Å². The molecule has 11 heavy (non-hydrogen) atoms. The molecular formula is C8H8ClNO. The Balaban J connectivity index is 0.000000605. The van der Waals surface area contributed by atoms with Gasteiger partial charge in [-0.1, -0.05) is 18.2 Å². The smallest absolute Gasteiger partial charge is 0.251 e. The van der Waals surface area contributed by atoms with Crippen LogP contribution in [-0.2, 0) is 6.54 Å². The van der Waals surface area contributed by atoms with Crippen LogP contribution in [0.15, 0.2) is 24.3 Å². The Hall–Kier alpha value is -1.02. The number of carbonyl (C=O) groups excluding carboxylic acids is 1. The third-order valence-electron chi connectivity index (χ3n) is 1.70. The maximum Gasteiger partial charge on any atom is 0.251 e. The molecule has 0 fully saturated rings. The maximum absolute atomic E-state index is 11.0. The molecule has 0 aromatic heterocycles. The number of carbonyl (C=O) groups is 1. The average Bonchev–Trinajstić information content (AvgIpc) is 2.34. The second kappa shape index (κ2) is 2.93. The summed E-state index contributed by atoms with van der Waals surface area (Å²) in [6.07, 6.45) is 0. The van der Waals surface area contributed by atoms with Gasteiger partial charge in [0.1, 0.15) is 0 Å². The number of nitrogens with one attached hydrogen (secondary N) is 1. The van der Waals surface area contributed by atoms with E-state index in [9.17, 15) is 4.79 Å². The Morgan fingerprint density at radius 2 is 2.00 bits per heavy atom. The minimum Gasteiger partial charge on any atom is -0.348 e. The van der Waals surface area contributed by atoms with Gasteiger partial charge in [-0.15, -0.1) is 12.4 Å². The number of fused-ring (bicyclic) bond motifs is 1. The van der Waals surface area contributed by atoms with Crippen LogP contribution in [0.5, 0.6) is 0 Å². The predicted molar refractivity (Wildman–Crippen MR) is 44.9 cm³/mol. The van der Waals surface area contributed by atoms with Crippen LogP contribution in [0.1, 0.15) is 15.9 Å². The summed E-state index contributed by atoms with van der Waals surface area (Å²) in [5.41, 5.74) is 1.93. The van der Waals surface area contributed by atoms with Crippen molar-refractivity contribution in [3.8, 4) is 0 Å². The molecule has 2 rings (SSSR count). The van der Waals surface area contributed by atoms with Crippen LogP contribution in [0.2, 0.25) is 0 Å². The van der Waals surface area contributed by atoms with Crippen molar-refractivity contribution in [2.45, 2.75) is 6.54 Å². The largest absolute Gasteiger partial charge is 0.348 e. The molecule has 0 unspecified atom stereocenters. The van der Waals surface area contributed by atoms with Gasteiger partial charge in [-0.2, -0.15) is 0 Å². The van der Waals surface area contributed by atoms with Crippen LogP contribution in [0.3, 0.4) is 0 Å². The van der Waals surface area contributed by atoms with Crippen LogP contribution < -0.4 is 5.32 Å². The molecule has 0 saturated carbocycles. The van der Waals surface area contributed by atoms with Crippen molar-refractivity contribution in [3.63, 3.8) is 0 Å². The molecule has 1 heterocycles. The Kier molecular flexibility index (Phi) is 2.15. The Labute approximate surface area is 71.0 Å². The van der Waals surface area contributed by atoms with Crippen molar-refractivity contribution in [2.24, 2.45) is 0 Å². The fourth-order valence-corrected chi connectivity index (χ4v) is 1.17. The molecule has 0 aliphatic carbocycles. The normalized spacial score (nSPS) is 13.3. The quantitative estimate of drug-likeness (QED) is 0.624. The Morgan fingerprint density at radius 1 is 1.27 bits per heavy atom. The van der Waals surface area contributed by atoms with E-state index in [1.54, 1.807) is 0 Å². The highest BCUT2D eigenvalue weighted by Gasteiger charge is 2.16. The molecule has 1 aromatic carbocycles. The summed E-state index contributed by atoms with van der Waals surface area (Å²) < 4.78 is 0. The van der Waals surface area contributed by atoms with E-state index in [0.29, 0.717) is 6.54 Å². The third kappa shape index (κ3) is 1.21. The van der Waals surface area contributed by atoms with Crippen molar-refractivity contribution < 1.29 is 4.79 Å². The van der Waals surface area contributed by atoms with E-state index in [4.69, 9.17) is 0 Å². The Bertz CT molecular complexity index is 285. The lowest BCUT2D eigenvalue weighted by Crippen LogP contribution is -2.12. The number of hydrogen-bond donors (Lipinski definition) is 1. The molecular weight excluding hydrogens is 162 g/mol. The number of amides is 1. The second-order valence-corrected chi connectivity index (χ2v) is 2.34. The molecule has 3 heteroatoms. The van der Waals surface area contributed by atoms with Gasteiger partial charge in [-0.3, -0.25) is 4.79 Å². The van der Waals surface area contributed by atoms with Crippen LogP contribution in [0.4, 0.5) is 0 Å². The summed E-state index contributed by atoms with van der Waals surface area (Å²) >= 11 is 0. The third-order valence-corrected chi connectivity index (χ3v) is 1.70. The summed E-state index contributed by atoms with van der Waals surface area (Å²) in [7, 11) is 0. The molecule has 1 aromatic rings. The summed E-state index contributed by atoms with van der Waals surface area (Å²) in [4.78, 5) is 11.0. The minimum atomic E-state index is 0. The minimum absolute atomic E-state index is 0. The molecule has 1 N–H and O–H groups in total. The fourth-order valence-electron chi connectivity index (χ4n) is 1.17. The number of rotatable bonds is 0. The van der Waals surface area contributed by atoms with Gasteiger partial charge < -0.3 is 5.32 Å². The molecule has 0 bridgehead atoms. The van der Waals surface area contributed by atoms with Crippen molar-refractivity contribution in [2.75, 3.05) is 0 Å². The van der Waals surface area contributed by atoms with E-state index >= 15 is 0 Å². The standard InChI is InChI=1S/C8H7NO.ClH/c10-8-7-4-2-1-3-6(7)5-9-8;/h1-4H,5H2,(H,9,10);1H. The summed E-state index contributed by atoms with van der Waals surface area (Å²) in [5, 5.41) is 2.75. The zero-order valence-electron chi connectivity index (χ0n) is 5.83. The van der Waals surface area contributed by atoms with Gasteiger partial charge in [0.15, 0.2) is 0 Å². The summed E-state index contributed by atoms with van der Waals surface area (Å²) in [6, 6.07) is 7.63. The van der Waals surface area contributed by atoms with Gasteiger partial charge in [0.25, 0.3) is 5.91 Å². The van der Waals surface area contributed by atoms with Gasteiger partial charge >= 0.3 is 0 Å². The van der Waals surface area contributed by atoms with Gasteiger partial charge in [0.2, 0.25) is 0 Å². The van der Waals surface area contributed by atoms with E-state index in [1.807, 2.05) is 24.3 Å². The van der Waals surface area contributed by atoms with E-state index in [1.165, 1.54) is 0 Å². The fraction of sp³-hybridized carbons (Fsp3) is 0.125. The molecule has 1 aliphatic heterocycles. The highest BCUT2D eigenvalue weighted by atomic mass is 35.5. The molecule has 2 nitrogen and oxygen atoms in total. The van der Waals surface area contributed by atoms with Crippen LogP contribution in [0, 0.1) is 0 Å². The van der Waals surface area contributed by atoms with Crippen molar-refractivity contribution in [3.05, 3.63) is 35.4 Å². The van der Waals surface area contributed by atoms with Crippen LogP contribution >= 0.6 is 12.4 Å². The number of benzene rings is 1. The first-order chi connectivity index (χ1) is 4.88. The highest BCUT2D eigenvalue weighted by molar-refractivity contribution is 5.98. The monoisotopic (exact) mass is 169 g/mol. The van der Waals surface area contributed by atoms with E-state index in [2.05, 4.69) is 5.32 Å². The Morgan fingerprint density at radius 3 is 2.73 bits per heavy atom. The van der Waals surface area contributed by atoms with E-state index in [-0.39, 0.29) is 18.3 Å². The van der Waals surface area contributed by atoms with E-state index < -0.39 is 0 Å². The summed E-state index contributed by atoms with van der Waals surface area (Å²) in [6.45, 7) is 0.689. The molecule has 0 atom stereocenters. The maximum atomic E-state index is 11.0. The molecule has 1 aliphatic rings. The zero-order valence-corrected chi connectivity index (χ0v) is 6.65. The average molecular weight is 170 g/mol. The van der Waals surface area contributed by atoms with Gasteiger partial charge in [0.05, 0.1) is 0 Å². The first kappa shape index (κ1) is 8.08. The van der Waals surface area contributed by atoms with E-state index in [0.717, 1.165) is 11.1 Å². The predicted octanol–water partition coefficient (Wildman–Crippen LogP) is 1.35. The number of hydrogen-bond acceptors (Lipinski definition) is 1. The molecule has 0 spiro atoms. The lowest BCUT2D eigenvalue weighted by atomic mass is 10.1. The lowest BCUT2D eigenvalue weighted by Gasteiger charge is -1.89. The van der Waals surface area contributed by atoms with Gasteiger partial charge in [-0.25, -0.2) is 0 Å². The topological polar surface area (TPSA) is 29.1 Å². The summed E-state index contributed by atoms with van der Waals surface area (Å²) in [5.74, 6) is 0.0515. The van der Waals surface area contributed by atoms with Crippen molar-refractivity contribution in [1.29, 1.82) is 0 Å². The molecule has 0 saturated heterocycles. The molecule has 58 valence electrons. The lowest BCUT2D eigenvalue weighted by molar-refractivity contribution is 0.0966. The van der Waals surface area contributed by atoms with Crippen LogP contribution in [-0.4, -0.2) is 5.91 Å². The zero-order chi connectivity index (χ0) is 6.97. The van der Waals surface area contributed by atoms with Crippen LogP contribution in [0.25, 0.3) is 0 Å². The first-order valence-corrected chi connectivity index (χ1v) is 3.24. The first-order valence-electron chi connectivity index (χ1n) is 3.24. The SMILES string of the molecule is Cl.O=C1NCc2ccccc21. The number of halogens is 1. The molecule has 1 amide bonds.